The van der Waals surface area contributed by atoms with Crippen molar-refractivity contribution in [2.45, 2.75) is 6.54 Å². The van der Waals surface area contributed by atoms with Gasteiger partial charge in [0.1, 0.15) is 0 Å². The third-order valence-electron chi connectivity index (χ3n) is 2.67. The Kier molecular flexibility index (Phi) is 4.62. The van der Waals surface area contributed by atoms with Gasteiger partial charge in [-0.3, -0.25) is 0 Å². The molecule has 2 aromatic rings. The van der Waals surface area contributed by atoms with E-state index in [4.69, 9.17) is 10.9 Å². The van der Waals surface area contributed by atoms with Gasteiger partial charge >= 0.3 is 0 Å². The number of amidine groups is 1. The normalized spacial score (nSPS) is 11.3. The number of benzene rings is 2. The van der Waals surface area contributed by atoms with Crippen LogP contribution >= 0.6 is 22.6 Å². The minimum atomic E-state index is 0.121. The van der Waals surface area contributed by atoms with Crippen LogP contribution in [0, 0.1) is 3.57 Å². The molecule has 0 aromatic heterocycles. The van der Waals surface area contributed by atoms with Crippen LogP contribution in [0.25, 0.3) is 0 Å². The predicted molar refractivity (Wildman–Crippen MR) is 85.4 cm³/mol. The molecule has 4 N–H and O–H groups in total. The van der Waals surface area contributed by atoms with Crippen LogP contribution in [0.5, 0.6) is 0 Å². The first-order valence-corrected chi connectivity index (χ1v) is 6.83. The highest BCUT2D eigenvalue weighted by Gasteiger charge is 2.00. The number of nitrogens with one attached hydrogen (secondary N) is 1. The fourth-order valence-corrected chi connectivity index (χ4v) is 2.03. The highest BCUT2D eigenvalue weighted by molar-refractivity contribution is 14.1. The molecule has 4 nitrogen and oxygen atoms in total. The van der Waals surface area contributed by atoms with Gasteiger partial charge in [-0.15, -0.1) is 0 Å². The van der Waals surface area contributed by atoms with Gasteiger partial charge in [0.05, 0.1) is 0 Å². The van der Waals surface area contributed by atoms with Crippen LogP contribution in [0.3, 0.4) is 0 Å². The summed E-state index contributed by atoms with van der Waals surface area (Å²) in [4.78, 5) is 0. The Morgan fingerprint density at radius 2 is 1.95 bits per heavy atom. The second-order valence-corrected chi connectivity index (χ2v) is 5.29. The van der Waals surface area contributed by atoms with E-state index in [1.165, 1.54) is 3.57 Å². The largest absolute Gasteiger partial charge is 0.409 e. The molecule has 0 saturated carbocycles. The van der Waals surface area contributed by atoms with Crippen LogP contribution in [0.15, 0.2) is 53.7 Å². The van der Waals surface area contributed by atoms with Gasteiger partial charge in [0.2, 0.25) is 0 Å². The minimum Gasteiger partial charge on any atom is -0.409 e. The number of nitrogens with two attached hydrogens (primary N) is 1. The van der Waals surface area contributed by atoms with E-state index in [-0.39, 0.29) is 5.84 Å². The zero-order valence-corrected chi connectivity index (χ0v) is 12.3. The minimum absolute atomic E-state index is 0.121. The average Bonchev–Trinajstić information content (AvgIpc) is 2.46. The van der Waals surface area contributed by atoms with Crippen molar-refractivity contribution >= 4 is 34.1 Å². The Morgan fingerprint density at radius 3 is 2.63 bits per heavy atom. The molecule has 2 aromatic carbocycles. The molecule has 0 unspecified atom stereocenters. The Hall–Kier alpha value is -1.76. The Bertz CT molecular complexity index is 581. The third kappa shape index (κ3) is 3.85. The fraction of sp³-hybridized carbons (Fsp3) is 0.0714. The summed E-state index contributed by atoms with van der Waals surface area (Å²) in [5, 5.41) is 15.0. The van der Waals surface area contributed by atoms with Crippen molar-refractivity contribution in [2.75, 3.05) is 5.32 Å². The molecule has 0 fully saturated rings. The van der Waals surface area contributed by atoms with Gasteiger partial charge in [0.25, 0.3) is 0 Å². The van der Waals surface area contributed by atoms with E-state index in [2.05, 4.69) is 45.2 Å². The molecule has 0 saturated heterocycles. The van der Waals surface area contributed by atoms with Crippen molar-refractivity contribution in [3.05, 3.63) is 63.2 Å². The van der Waals surface area contributed by atoms with Crippen LogP contribution in [-0.4, -0.2) is 11.0 Å². The highest BCUT2D eigenvalue weighted by Crippen LogP contribution is 2.13. The monoisotopic (exact) mass is 367 g/mol. The van der Waals surface area contributed by atoms with Crippen LogP contribution < -0.4 is 11.1 Å². The molecule has 0 aliphatic heterocycles. The molecular weight excluding hydrogens is 353 g/mol. The third-order valence-corrected chi connectivity index (χ3v) is 3.39. The van der Waals surface area contributed by atoms with Gasteiger partial charge in [-0.2, -0.15) is 0 Å². The first-order valence-electron chi connectivity index (χ1n) is 5.75. The van der Waals surface area contributed by atoms with Crippen molar-refractivity contribution in [1.29, 1.82) is 0 Å². The second-order valence-electron chi connectivity index (χ2n) is 4.05. The smallest absolute Gasteiger partial charge is 0.170 e. The first kappa shape index (κ1) is 13.7. The van der Waals surface area contributed by atoms with E-state index < -0.39 is 0 Å². The number of halogens is 1. The quantitative estimate of drug-likeness (QED) is 0.256. The molecule has 5 heteroatoms. The SMILES string of the molecule is NC(=NO)c1cccc(CNc2ccc(I)cc2)c1. The maximum absolute atomic E-state index is 8.66. The number of hydrogen-bond donors (Lipinski definition) is 3. The molecule has 0 atom stereocenters. The number of nitrogens with zero attached hydrogens (tertiary/aromatic N) is 1. The van der Waals surface area contributed by atoms with E-state index >= 15 is 0 Å². The van der Waals surface area contributed by atoms with E-state index in [0.29, 0.717) is 12.1 Å². The summed E-state index contributed by atoms with van der Waals surface area (Å²) in [5.41, 5.74) is 8.41. The molecule has 19 heavy (non-hydrogen) atoms. The van der Waals surface area contributed by atoms with Gasteiger partial charge in [0.15, 0.2) is 5.84 Å². The van der Waals surface area contributed by atoms with Gasteiger partial charge in [0, 0.05) is 21.4 Å². The van der Waals surface area contributed by atoms with E-state index in [1.807, 2.05) is 36.4 Å². The molecule has 0 aliphatic rings. The van der Waals surface area contributed by atoms with E-state index in [0.717, 1.165) is 11.3 Å². The second kappa shape index (κ2) is 6.42. The average molecular weight is 367 g/mol. The molecular formula is C14H14IN3O. The molecule has 98 valence electrons. The Labute approximate surface area is 125 Å². The van der Waals surface area contributed by atoms with Crippen molar-refractivity contribution in [2.24, 2.45) is 10.9 Å². The summed E-state index contributed by atoms with van der Waals surface area (Å²) < 4.78 is 1.21. The maximum atomic E-state index is 8.66. The summed E-state index contributed by atoms with van der Waals surface area (Å²) in [6.07, 6.45) is 0. The summed E-state index contributed by atoms with van der Waals surface area (Å²) in [7, 11) is 0. The van der Waals surface area contributed by atoms with Gasteiger partial charge in [-0.25, -0.2) is 0 Å². The summed E-state index contributed by atoms with van der Waals surface area (Å²) >= 11 is 2.27. The highest BCUT2D eigenvalue weighted by atomic mass is 127. The van der Waals surface area contributed by atoms with Crippen molar-refractivity contribution in [3.63, 3.8) is 0 Å². The lowest BCUT2D eigenvalue weighted by Gasteiger charge is -2.08. The summed E-state index contributed by atoms with van der Waals surface area (Å²) in [6, 6.07) is 15.8. The Morgan fingerprint density at radius 1 is 1.21 bits per heavy atom. The number of oxime groups is 1. The van der Waals surface area contributed by atoms with E-state index in [1.54, 1.807) is 0 Å². The fourth-order valence-electron chi connectivity index (χ4n) is 1.67. The van der Waals surface area contributed by atoms with Crippen LogP contribution in [-0.2, 0) is 6.54 Å². The van der Waals surface area contributed by atoms with Crippen molar-refractivity contribution in [3.8, 4) is 0 Å². The lowest BCUT2D eigenvalue weighted by atomic mass is 10.1. The van der Waals surface area contributed by atoms with E-state index in [9.17, 15) is 0 Å². The molecule has 2 rings (SSSR count). The number of hydrogen-bond acceptors (Lipinski definition) is 3. The number of anilines is 1. The number of rotatable bonds is 4. The van der Waals surface area contributed by atoms with Gasteiger partial charge < -0.3 is 16.3 Å². The molecule has 0 spiro atoms. The van der Waals surface area contributed by atoms with Crippen LogP contribution in [0.1, 0.15) is 11.1 Å². The lowest BCUT2D eigenvalue weighted by molar-refractivity contribution is 0.318. The topological polar surface area (TPSA) is 70.6 Å². The van der Waals surface area contributed by atoms with Crippen molar-refractivity contribution in [1.82, 2.24) is 0 Å². The summed E-state index contributed by atoms with van der Waals surface area (Å²) in [6.45, 7) is 0.688. The molecule has 0 bridgehead atoms. The molecule has 0 radical (unpaired) electrons. The van der Waals surface area contributed by atoms with Crippen LogP contribution in [0.4, 0.5) is 5.69 Å². The van der Waals surface area contributed by atoms with Gasteiger partial charge in [-0.1, -0.05) is 23.4 Å². The standard InChI is InChI=1S/C14H14IN3O/c15-12-4-6-13(7-5-12)17-9-10-2-1-3-11(8-10)14(16)18-19/h1-8,17,19H,9H2,(H2,16,18). The zero-order valence-electron chi connectivity index (χ0n) is 10.2. The van der Waals surface area contributed by atoms with Gasteiger partial charge in [-0.05, 0) is 58.5 Å². The van der Waals surface area contributed by atoms with Crippen molar-refractivity contribution < 1.29 is 5.21 Å². The predicted octanol–water partition coefficient (Wildman–Crippen LogP) is 3.00. The molecule has 0 amide bonds. The van der Waals surface area contributed by atoms with Crippen LogP contribution in [0.2, 0.25) is 0 Å². The molecule has 0 heterocycles. The first-order chi connectivity index (χ1) is 9.19. The Balaban J connectivity index is 2.05. The molecule has 0 aliphatic carbocycles. The zero-order chi connectivity index (χ0) is 13.7. The maximum Gasteiger partial charge on any atom is 0.170 e. The lowest BCUT2D eigenvalue weighted by Crippen LogP contribution is -2.13. The summed E-state index contributed by atoms with van der Waals surface area (Å²) in [5.74, 6) is 0.121.